The molecule has 2 rings (SSSR count). The normalized spacial score (nSPS) is 11.8. The van der Waals surface area contributed by atoms with Gasteiger partial charge in [0.05, 0.1) is 11.4 Å². The minimum absolute atomic E-state index is 0.149. The van der Waals surface area contributed by atoms with E-state index in [1.54, 1.807) is 6.20 Å². The highest BCUT2D eigenvalue weighted by Crippen LogP contribution is 2.20. The molecule has 0 fully saturated rings. The number of aryl methyl sites for hydroxylation is 1. The maximum absolute atomic E-state index is 12.2. The molecule has 0 unspecified atom stereocenters. The van der Waals surface area contributed by atoms with Gasteiger partial charge in [-0.05, 0) is 30.7 Å². The van der Waals surface area contributed by atoms with Gasteiger partial charge in [0, 0.05) is 22.6 Å². The molecule has 2 aromatic rings. The summed E-state index contributed by atoms with van der Waals surface area (Å²) in [7, 11) is -3.60. The van der Waals surface area contributed by atoms with E-state index in [0.717, 1.165) is 9.88 Å². The number of sulfonamides is 1. The molecule has 0 radical (unpaired) electrons. The van der Waals surface area contributed by atoms with Gasteiger partial charge in [0.2, 0.25) is 10.0 Å². The standard InChI is InChI=1S/C12H14ClN3O2S2/c1-8-6-15-12(19-8)7-16-20(17,18)10-2-3-11(13)9(4-10)5-14/h2-4,6,16H,5,7,14H2,1H3. The van der Waals surface area contributed by atoms with Crippen LogP contribution in [-0.2, 0) is 23.1 Å². The summed E-state index contributed by atoms with van der Waals surface area (Å²) in [6.45, 7) is 2.28. The van der Waals surface area contributed by atoms with Crippen LogP contribution in [0.4, 0.5) is 0 Å². The Labute approximate surface area is 126 Å². The highest BCUT2D eigenvalue weighted by molar-refractivity contribution is 7.89. The van der Waals surface area contributed by atoms with Crippen LogP contribution in [-0.4, -0.2) is 13.4 Å². The van der Waals surface area contributed by atoms with E-state index < -0.39 is 10.0 Å². The zero-order chi connectivity index (χ0) is 14.8. The summed E-state index contributed by atoms with van der Waals surface area (Å²) in [5, 5.41) is 1.18. The first kappa shape index (κ1) is 15.4. The van der Waals surface area contributed by atoms with Crippen LogP contribution in [0.5, 0.6) is 0 Å². The van der Waals surface area contributed by atoms with Gasteiger partial charge in [0.1, 0.15) is 5.01 Å². The van der Waals surface area contributed by atoms with Gasteiger partial charge in [0.15, 0.2) is 0 Å². The molecule has 0 bridgehead atoms. The second-order valence-electron chi connectivity index (χ2n) is 4.15. The van der Waals surface area contributed by atoms with E-state index in [4.69, 9.17) is 17.3 Å². The first-order valence-electron chi connectivity index (χ1n) is 5.82. The van der Waals surface area contributed by atoms with E-state index in [2.05, 4.69) is 9.71 Å². The molecular weight excluding hydrogens is 318 g/mol. The van der Waals surface area contributed by atoms with E-state index in [1.165, 1.54) is 29.5 Å². The van der Waals surface area contributed by atoms with E-state index >= 15 is 0 Å². The Bertz CT molecular complexity index is 713. The summed E-state index contributed by atoms with van der Waals surface area (Å²) in [6, 6.07) is 4.47. The number of rotatable bonds is 5. The fraction of sp³-hybridized carbons (Fsp3) is 0.250. The topological polar surface area (TPSA) is 85.1 Å². The first-order valence-corrected chi connectivity index (χ1v) is 8.49. The maximum atomic E-state index is 12.2. The monoisotopic (exact) mass is 331 g/mol. The average molecular weight is 332 g/mol. The number of aromatic nitrogens is 1. The van der Waals surface area contributed by atoms with Crippen molar-refractivity contribution in [2.75, 3.05) is 0 Å². The highest BCUT2D eigenvalue weighted by atomic mass is 35.5. The Balaban J connectivity index is 2.17. The third-order valence-electron chi connectivity index (χ3n) is 2.63. The number of hydrogen-bond donors (Lipinski definition) is 2. The summed E-state index contributed by atoms with van der Waals surface area (Å²) in [4.78, 5) is 5.30. The van der Waals surface area contributed by atoms with Gasteiger partial charge >= 0.3 is 0 Å². The second kappa shape index (κ2) is 6.19. The molecule has 3 N–H and O–H groups in total. The van der Waals surface area contributed by atoms with Gasteiger partial charge < -0.3 is 5.73 Å². The molecule has 108 valence electrons. The van der Waals surface area contributed by atoms with E-state index in [-0.39, 0.29) is 18.0 Å². The third kappa shape index (κ3) is 3.56. The zero-order valence-electron chi connectivity index (χ0n) is 10.8. The SMILES string of the molecule is Cc1cnc(CNS(=O)(=O)c2ccc(Cl)c(CN)c2)s1. The molecule has 0 aliphatic heterocycles. The van der Waals surface area contributed by atoms with E-state index in [9.17, 15) is 8.42 Å². The number of nitrogens with zero attached hydrogens (tertiary/aromatic N) is 1. The summed E-state index contributed by atoms with van der Waals surface area (Å²) >= 11 is 7.37. The lowest BCUT2D eigenvalue weighted by atomic mass is 10.2. The number of benzene rings is 1. The van der Waals surface area contributed by atoms with Crippen molar-refractivity contribution < 1.29 is 8.42 Å². The summed E-state index contributed by atoms with van der Waals surface area (Å²) in [5.41, 5.74) is 6.12. The molecule has 0 aliphatic rings. The quantitative estimate of drug-likeness (QED) is 0.878. The minimum atomic E-state index is -3.60. The lowest BCUT2D eigenvalue weighted by Gasteiger charge is -2.08. The summed E-state index contributed by atoms with van der Waals surface area (Å²) in [6.07, 6.45) is 1.71. The smallest absolute Gasteiger partial charge is 0.240 e. The largest absolute Gasteiger partial charge is 0.326 e. The van der Waals surface area contributed by atoms with Gasteiger partial charge in [0.25, 0.3) is 0 Å². The molecule has 0 saturated heterocycles. The van der Waals surface area contributed by atoms with Crippen LogP contribution in [0, 0.1) is 6.92 Å². The van der Waals surface area contributed by atoms with Gasteiger partial charge in [-0.25, -0.2) is 18.1 Å². The Hall–Kier alpha value is -0.990. The van der Waals surface area contributed by atoms with E-state index in [1.807, 2.05) is 6.92 Å². The van der Waals surface area contributed by atoms with Crippen LogP contribution in [0.25, 0.3) is 0 Å². The number of halogens is 1. The van der Waals surface area contributed by atoms with E-state index in [0.29, 0.717) is 10.6 Å². The maximum Gasteiger partial charge on any atom is 0.240 e. The molecule has 8 heteroatoms. The third-order valence-corrected chi connectivity index (χ3v) is 5.31. The number of nitrogens with two attached hydrogens (primary N) is 1. The lowest BCUT2D eigenvalue weighted by molar-refractivity contribution is 0.581. The molecule has 20 heavy (non-hydrogen) atoms. The van der Waals surface area contributed by atoms with Crippen LogP contribution in [0.1, 0.15) is 15.4 Å². The van der Waals surface area contributed by atoms with Gasteiger partial charge in [-0.3, -0.25) is 0 Å². The van der Waals surface area contributed by atoms with Crippen molar-refractivity contribution >= 4 is 33.0 Å². The number of nitrogens with one attached hydrogen (secondary N) is 1. The average Bonchev–Trinajstić information content (AvgIpc) is 2.83. The Morgan fingerprint density at radius 3 is 2.80 bits per heavy atom. The fourth-order valence-corrected chi connectivity index (χ4v) is 3.65. The summed E-state index contributed by atoms with van der Waals surface area (Å²) in [5.74, 6) is 0. The lowest BCUT2D eigenvalue weighted by Crippen LogP contribution is -2.23. The van der Waals surface area contributed by atoms with Gasteiger partial charge in [-0.2, -0.15) is 0 Å². The van der Waals surface area contributed by atoms with Crippen molar-refractivity contribution in [3.05, 3.63) is 44.9 Å². The zero-order valence-corrected chi connectivity index (χ0v) is 13.1. The minimum Gasteiger partial charge on any atom is -0.326 e. The fourth-order valence-electron chi connectivity index (χ4n) is 1.60. The van der Waals surface area contributed by atoms with Crippen molar-refractivity contribution in [3.8, 4) is 0 Å². The molecule has 0 aliphatic carbocycles. The van der Waals surface area contributed by atoms with Crippen LogP contribution in [0.2, 0.25) is 5.02 Å². The van der Waals surface area contributed by atoms with Crippen molar-refractivity contribution in [1.82, 2.24) is 9.71 Å². The predicted molar refractivity (Wildman–Crippen MR) is 80.2 cm³/mol. The highest BCUT2D eigenvalue weighted by Gasteiger charge is 2.16. The number of hydrogen-bond acceptors (Lipinski definition) is 5. The Morgan fingerprint density at radius 1 is 1.45 bits per heavy atom. The molecule has 1 heterocycles. The van der Waals surface area contributed by atoms with Crippen LogP contribution >= 0.6 is 22.9 Å². The molecule has 1 aromatic carbocycles. The van der Waals surface area contributed by atoms with Gasteiger partial charge in [-0.15, -0.1) is 11.3 Å². The van der Waals surface area contributed by atoms with Gasteiger partial charge in [-0.1, -0.05) is 11.6 Å². The first-order chi connectivity index (χ1) is 9.42. The Morgan fingerprint density at radius 2 is 2.20 bits per heavy atom. The van der Waals surface area contributed by atoms with Crippen LogP contribution in [0.3, 0.4) is 0 Å². The summed E-state index contributed by atoms with van der Waals surface area (Å²) < 4.78 is 26.9. The molecule has 1 aromatic heterocycles. The van der Waals surface area contributed by atoms with Crippen molar-refractivity contribution in [3.63, 3.8) is 0 Å². The number of thiazole rings is 1. The molecule has 0 atom stereocenters. The van der Waals surface area contributed by atoms with Crippen molar-refractivity contribution in [1.29, 1.82) is 0 Å². The molecule has 0 spiro atoms. The second-order valence-corrected chi connectivity index (χ2v) is 7.64. The molecular formula is C12H14ClN3O2S2. The van der Waals surface area contributed by atoms with Crippen molar-refractivity contribution in [2.45, 2.75) is 24.9 Å². The van der Waals surface area contributed by atoms with Crippen LogP contribution in [0.15, 0.2) is 29.3 Å². The molecule has 0 amide bonds. The van der Waals surface area contributed by atoms with Crippen LogP contribution < -0.4 is 10.5 Å². The van der Waals surface area contributed by atoms with Crippen molar-refractivity contribution in [2.24, 2.45) is 5.73 Å². The molecule has 0 saturated carbocycles. The Kier molecular flexibility index (Phi) is 4.77. The predicted octanol–water partition coefficient (Wildman–Crippen LogP) is 2.04. The molecule has 5 nitrogen and oxygen atoms in total.